The van der Waals surface area contributed by atoms with Gasteiger partial charge < -0.3 is 14.5 Å². The van der Waals surface area contributed by atoms with Gasteiger partial charge in [-0.25, -0.2) is 0 Å². The molecule has 29 heavy (non-hydrogen) atoms. The Hall–Kier alpha value is -3.58. The van der Waals surface area contributed by atoms with Crippen LogP contribution in [0.25, 0.3) is 11.6 Å². The van der Waals surface area contributed by atoms with Crippen molar-refractivity contribution in [3.05, 3.63) is 83.1 Å². The fraction of sp³-hybridized carbons (Fsp3) is 0.0952. The molecular formula is C21H17ClN4O3. The third-order valence-corrected chi connectivity index (χ3v) is 4.51. The van der Waals surface area contributed by atoms with E-state index in [0.29, 0.717) is 34.7 Å². The van der Waals surface area contributed by atoms with Crippen molar-refractivity contribution < 1.29 is 13.9 Å². The molecule has 0 fully saturated rings. The van der Waals surface area contributed by atoms with Crippen LogP contribution in [0.15, 0.2) is 71.3 Å². The van der Waals surface area contributed by atoms with E-state index in [1.54, 1.807) is 43.5 Å². The van der Waals surface area contributed by atoms with Crippen LogP contribution in [0.1, 0.15) is 15.9 Å². The van der Waals surface area contributed by atoms with Gasteiger partial charge in [0.1, 0.15) is 5.75 Å². The summed E-state index contributed by atoms with van der Waals surface area (Å²) in [6, 6.07) is 17.7. The van der Waals surface area contributed by atoms with Gasteiger partial charge in [0.25, 0.3) is 5.91 Å². The van der Waals surface area contributed by atoms with Crippen LogP contribution in [0.2, 0.25) is 5.02 Å². The number of hydrogen-bond acceptors (Lipinski definition) is 6. The zero-order valence-corrected chi connectivity index (χ0v) is 16.3. The van der Waals surface area contributed by atoms with E-state index in [0.717, 1.165) is 11.3 Å². The zero-order chi connectivity index (χ0) is 20.2. The average Bonchev–Trinajstić information content (AvgIpc) is 3.42. The van der Waals surface area contributed by atoms with Crippen molar-refractivity contribution in [2.45, 2.75) is 6.54 Å². The minimum atomic E-state index is -0.338. The first-order valence-electron chi connectivity index (χ1n) is 8.82. The maximum absolute atomic E-state index is 13.0. The van der Waals surface area contributed by atoms with Gasteiger partial charge >= 0.3 is 0 Å². The van der Waals surface area contributed by atoms with Crippen molar-refractivity contribution >= 4 is 23.5 Å². The molecule has 2 heterocycles. The SMILES string of the molecule is COc1ccccc1CNc1nc(-c2ccco2)nn1C(=O)c1ccc(Cl)cc1. The van der Waals surface area contributed by atoms with E-state index >= 15 is 0 Å². The highest BCUT2D eigenvalue weighted by molar-refractivity contribution is 6.30. The lowest BCUT2D eigenvalue weighted by Crippen LogP contribution is -2.17. The molecule has 0 saturated heterocycles. The monoisotopic (exact) mass is 408 g/mol. The summed E-state index contributed by atoms with van der Waals surface area (Å²) in [5, 5.41) is 8.06. The number of para-hydroxylation sites is 1. The molecule has 0 aliphatic heterocycles. The standard InChI is InChI=1S/C21H17ClN4O3/c1-28-17-6-3-2-5-15(17)13-23-21-24-19(18-7-4-12-29-18)25-26(21)20(27)14-8-10-16(22)11-9-14/h2-12H,13H2,1H3,(H,23,24,25). The molecule has 0 aliphatic rings. The lowest BCUT2D eigenvalue weighted by atomic mass is 10.2. The van der Waals surface area contributed by atoms with Gasteiger partial charge in [0.15, 0.2) is 5.76 Å². The van der Waals surface area contributed by atoms with Gasteiger partial charge in [-0.1, -0.05) is 29.8 Å². The molecule has 0 saturated carbocycles. The van der Waals surface area contributed by atoms with Gasteiger partial charge in [-0.15, -0.1) is 5.10 Å². The molecule has 0 amide bonds. The zero-order valence-electron chi connectivity index (χ0n) is 15.5. The normalized spacial score (nSPS) is 10.7. The maximum Gasteiger partial charge on any atom is 0.281 e. The molecule has 4 rings (SSSR count). The van der Waals surface area contributed by atoms with E-state index in [2.05, 4.69) is 15.4 Å². The highest BCUT2D eigenvalue weighted by atomic mass is 35.5. The number of methoxy groups -OCH3 is 1. The highest BCUT2D eigenvalue weighted by Crippen LogP contribution is 2.22. The molecule has 4 aromatic rings. The summed E-state index contributed by atoms with van der Waals surface area (Å²) < 4.78 is 12.0. The van der Waals surface area contributed by atoms with Gasteiger partial charge in [0, 0.05) is 22.7 Å². The minimum absolute atomic E-state index is 0.294. The van der Waals surface area contributed by atoms with Crippen LogP contribution in [0, 0.1) is 0 Å². The summed E-state index contributed by atoms with van der Waals surface area (Å²) in [7, 11) is 1.61. The van der Waals surface area contributed by atoms with Gasteiger partial charge in [0.2, 0.25) is 11.8 Å². The van der Waals surface area contributed by atoms with Crippen LogP contribution in [0.3, 0.4) is 0 Å². The number of rotatable bonds is 6. The summed E-state index contributed by atoms with van der Waals surface area (Å²) in [6.07, 6.45) is 1.53. The molecule has 8 heteroatoms. The number of aromatic nitrogens is 3. The second-order valence-corrected chi connectivity index (χ2v) is 6.56. The predicted octanol–water partition coefficient (Wildman–Crippen LogP) is 4.50. The number of carbonyl (C=O) groups is 1. The number of nitrogens with one attached hydrogen (secondary N) is 1. The molecule has 146 valence electrons. The predicted molar refractivity (Wildman–Crippen MR) is 109 cm³/mol. The Morgan fingerprint density at radius 1 is 1.14 bits per heavy atom. The number of benzene rings is 2. The lowest BCUT2D eigenvalue weighted by Gasteiger charge is -2.10. The van der Waals surface area contributed by atoms with Gasteiger partial charge in [-0.05, 0) is 42.5 Å². The summed E-state index contributed by atoms with van der Waals surface area (Å²) in [5.74, 6) is 1.46. The molecule has 1 N–H and O–H groups in total. The van der Waals surface area contributed by atoms with Gasteiger partial charge in [-0.2, -0.15) is 9.67 Å². The fourth-order valence-corrected chi connectivity index (χ4v) is 2.94. The number of halogens is 1. The van der Waals surface area contributed by atoms with Crippen molar-refractivity contribution in [2.24, 2.45) is 0 Å². The van der Waals surface area contributed by atoms with Crippen LogP contribution in [-0.2, 0) is 6.54 Å². The number of nitrogens with zero attached hydrogens (tertiary/aromatic N) is 3. The van der Waals surface area contributed by atoms with Crippen LogP contribution in [0.4, 0.5) is 5.95 Å². The third kappa shape index (κ3) is 4.00. The van der Waals surface area contributed by atoms with Crippen molar-refractivity contribution in [3.63, 3.8) is 0 Å². The van der Waals surface area contributed by atoms with Crippen LogP contribution >= 0.6 is 11.6 Å². The molecule has 0 unspecified atom stereocenters. The number of anilines is 1. The Bertz CT molecular complexity index is 1120. The average molecular weight is 409 g/mol. The highest BCUT2D eigenvalue weighted by Gasteiger charge is 2.20. The van der Waals surface area contributed by atoms with E-state index in [-0.39, 0.29) is 5.91 Å². The molecular weight excluding hydrogens is 392 g/mol. The molecule has 2 aromatic carbocycles. The van der Waals surface area contributed by atoms with Crippen molar-refractivity contribution in [2.75, 3.05) is 12.4 Å². The fourth-order valence-electron chi connectivity index (χ4n) is 2.82. The number of ether oxygens (including phenoxy) is 1. The summed E-state index contributed by atoms with van der Waals surface area (Å²) in [4.78, 5) is 17.5. The van der Waals surface area contributed by atoms with Crippen molar-refractivity contribution in [3.8, 4) is 17.3 Å². The Morgan fingerprint density at radius 2 is 1.93 bits per heavy atom. The van der Waals surface area contributed by atoms with Gasteiger partial charge in [-0.3, -0.25) is 4.79 Å². The largest absolute Gasteiger partial charge is 0.496 e. The van der Waals surface area contributed by atoms with Gasteiger partial charge in [0.05, 0.1) is 13.4 Å². The molecule has 7 nitrogen and oxygen atoms in total. The van der Waals surface area contributed by atoms with E-state index in [1.807, 2.05) is 24.3 Å². The van der Waals surface area contributed by atoms with Crippen LogP contribution in [-0.4, -0.2) is 27.8 Å². The minimum Gasteiger partial charge on any atom is -0.496 e. The van der Waals surface area contributed by atoms with Crippen LogP contribution in [0.5, 0.6) is 5.75 Å². The van der Waals surface area contributed by atoms with E-state index in [4.69, 9.17) is 20.8 Å². The topological polar surface area (TPSA) is 82.2 Å². The van der Waals surface area contributed by atoms with E-state index in [9.17, 15) is 4.79 Å². The molecule has 0 radical (unpaired) electrons. The number of hydrogen-bond donors (Lipinski definition) is 1. The second-order valence-electron chi connectivity index (χ2n) is 6.13. The number of furan rings is 1. The van der Waals surface area contributed by atoms with Crippen molar-refractivity contribution in [1.82, 2.24) is 14.8 Å². The van der Waals surface area contributed by atoms with E-state index in [1.165, 1.54) is 10.9 Å². The molecule has 0 bridgehead atoms. The first kappa shape index (κ1) is 18.8. The first-order chi connectivity index (χ1) is 14.2. The summed E-state index contributed by atoms with van der Waals surface area (Å²) >= 11 is 5.93. The third-order valence-electron chi connectivity index (χ3n) is 4.26. The van der Waals surface area contributed by atoms with Crippen LogP contribution < -0.4 is 10.1 Å². The van der Waals surface area contributed by atoms with E-state index < -0.39 is 0 Å². The number of carbonyl (C=O) groups excluding carboxylic acids is 1. The Labute approximate surface area is 171 Å². The summed E-state index contributed by atoms with van der Waals surface area (Å²) in [5.41, 5.74) is 1.36. The smallest absolute Gasteiger partial charge is 0.281 e. The first-order valence-corrected chi connectivity index (χ1v) is 9.20. The molecule has 0 atom stereocenters. The lowest BCUT2D eigenvalue weighted by molar-refractivity contribution is 0.0947. The maximum atomic E-state index is 13.0. The molecule has 2 aromatic heterocycles. The second kappa shape index (κ2) is 8.20. The molecule has 0 aliphatic carbocycles. The quantitative estimate of drug-likeness (QED) is 0.505. The Balaban J connectivity index is 1.67. The Kier molecular flexibility index (Phi) is 5.31. The summed E-state index contributed by atoms with van der Waals surface area (Å²) in [6.45, 7) is 0.397. The molecule has 0 spiro atoms. The van der Waals surface area contributed by atoms with Crippen molar-refractivity contribution in [1.29, 1.82) is 0 Å². The Morgan fingerprint density at radius 3 is 2.66 bits per heavy atom.